The van der Waals surface area contributed by atoms with Crippen molar-refractivity contribution in [2.24, 2.45) is 0 Å². The first kappa shape index (κ1) is 51.8. The Balaban J connectivity index is 0.960. The number of aromatic carboxylic acids is 1. The van der Waals surface area contributed by atoms with Crippen molar-refractivity contribution in [2.45, 2.75) is 43.8 Å². The number of anilines is 2. The monoisotopic (exact) mass is 1040 g/mol. The second-order valence-electron chi connectivity index (χ2n) is 18.8. The molecule has 4 aliphatic rings. The molecule has 388 valence electrons. The van der Waals surface area contributed by atoms with Gasteiger partial charge >= 0.3 is 24.4 Å². The highest BCUT2D eigenvalue weighted by atomic mass is 19.4. The summed E-state index contributed by atoms with van der Waals surface area (Å²) < 4.78 is 83.7. The lowest BCUT2D eigenvalue weighted by Gasteiger charge is -2.35. The van der Waals surface area contributed by atoms with Crippen molar-refractivity contribution >= 4 is 41.2 Å². The van der Waals surface area contributed by atoms with Crippen LogP contribution in [0, 0.1) is 22.7 Å². The summed E-state index contributed by atoms with van der Waals surface area (Å²) in [5, 5.41) is 35.9. The second-order valence-corrected chi connectivity index (χ2v) is 18.8. The van der Waals surface area contributed by atoms with E-state index in [0.717, 1.165) is 52.4 Å². The van der Waals surface area contributed by atoms with E-state index in [1.165, 1.54) is 52.4 Å². The Labute approximate surface area is 429 Å². The van der Waals surface area contributed by atoms with Crippen LogP contribution in [0.4, 0.5) is 47.3 Å². The smallest absolute Gasteiger partial charge is 0.416 e. The lowest BCUT2D eigenvalue weighted by Crippen LogP contribution is -2.47. The molecule has 2 atom stereocenters. The average molecular weight is 1040 g/mol. The van der Waals surface area contributed by atoms with Gasteiger partial charge in [-0.05, 0) is 71.8 Å². The fourth-order valence-corrected chi connectivity index (χ4v) is 10.0. The quantitative estimate of drug-likeness (QED) is 0.0859. The lowest BCUT2D eigenvalue weighted by molar-refractivity contribution is -0.923. The Bertz CT molecular complexity index is 3130. The van der Waals surface area contributed by atoms with Gasteiger partial charge < -0.3 is 34.8 Å². The Hall–Kier alpha value is -9.09. The molecule has 0 aliphatic carbocycles. The van der Waals surface area contributed by atoms with Crippen LogP contribution in [-0.2, 0) is 28.5 Å². The van der Waals surface area contributed by atoms with Crippen LogP contribution in [0.5, 0.6) is 0 Å². The van der Waals surface area contributed by atoms with Crippen LogP contribution >= 0.6 is 0 Å². The normalized spacial score (nSPS) is 17.9. The second kappa shape index (κ2) is 20.3. The van der Waals surface area contributed by atoms with Crippen LogP contribution in [0.3, 0.4) is 0 Å². The van der Waals surface area contributed by atoms with Crippen molar-refractivity contribution < 1.29 is 59.9 Å². The Morgan fingerprint density at radius 1 is 0.671 bits per heavy atom. The molecule has 0 saturated carbocycles. The Kier molecular flexibility index (Phi) is 13.8. The number of carboxylic acid groups (broad SMARTS) is 1. The summed E-state index contributed by atoms with van der Waals surface area (Å²) in [5.74, 6) is -2.52. The van der Waals surface area contributed by atoms with Gasteiger partial charge in [0, 0.05) is 25.9 Å². The molecule has 17 nitrogen and oxygen atoms in total. The number of nitriles is 2. The zero-order valence-corrected chi connectivity index (χ0v) is 40.2. The number of carbonyl (C=O) groups is 5. The summed E-state index contributed by atoms with van der Waals surface area (Å²) in [5.41, 5.74) is -0.141. The number of carboxylic acids is 1. The van der Waals surface area contributed by atoms with Crippen molar-refractivity contribution in [1.82, 2.24) is 30.4 Å². The maximum atomic E-state index is 14.5. The maximum Gasteiger partial charge on any atom is 0.416 e. The van der Waals surface area contributed by atoms with Crippen LogP contribution in [0.25, 0.3) is 0 Å². The molecular formula is C53H43F6N11O6. The SMILES string of the molecule is C[N+](CCCN1CC2=C(C1=O)[C@@H](c1ccc(C#N)cc1)NC(=O)N2c1cccc(C(F)(F)F)c1)(CCCN1CC2=C(C1=O)[C@@H](c1ccc(C#N)cc1)NC(=O)N2c1cccc(C(F)(F)F)c1)Cc1cnc(C(=O)[O-])cn1. The topological polar surface area (TPSA) is 219 Å². The molecule has 76 heavy (non-hydrogen) atoms. The van der Waals surface area contributed by atoms with Gasteiger partial charge in [0.1, 0.15) is 17.9 Å². The molecule has 1 aromatic heterocycles. The molecule has 0 bridgehead atoms. The van der Waals surface area contributed by atoms with Crippen LogP contribution in [0.15, 0.2) is 132 Å². The number of urea groups is 2. The first-order valence-electron chi connectivity index (χ1n) is 23.6. The van der Waals surface area contributed by atoms with Gasteiger partial charge in [0.25, 0.3) is 11.8 Å². The van der Waals surface area contributed by atoms with Gasteiger partial charge in [-0.25, -0.2) is 9.59 Å². The van der Waals surface area contributed by atoms with Gasteiger partial charge in [-0.3, -0.25) is 29.4 Å². The first-order chi connectivity index (χ1) is 36.2. The minimum absolute atomic E-state index is 0.0874. The van der Waals surface area contributed by atoms with Crippen molar-refractivity contribution in [2.75, 3.05) is 56.1 Å². The van der Waals surface area contributed by atoms with Crippen molar-refractivity contribution in [3.05, 3.63) is 177 Å². The molecule has 0 spiro atoms. The number of halogens is 6. The molecule has 9 rings (SSSR count). The summed E-state index contributed by atoms with van der Waals surface area (Å²) in [6.07, 6.45) is -6.54. The highest BCUT2D eigenvalue weighted by molar-refractivity contribution is 6.08. The highest BCUT2D eigenvalue weighted by Gasteiger charge is 2.47. The number of amides is 6. The predicted octanol–water partition coefficient (Wildman–Crippen LogP) is 6.48. The third kappa shape index (κ3) is 10.4. The predicted molar refractivity (Wildman–Crippen MR) is 255 cm³/mol. The zero-order valence-electron chi connectivity index (χ0n) is 40.2. The number of nitrogens with one attached hydrogen (secondary N) is 2. The molecule has 2 N–H and O–H groups in total. The largest absolute Gasteiger partial charge is 0.543 e. The van der Waals surface area contributed by atoms with Crippen LogP contribution in [0.2, 0.25) is 0 Å². The number of alkyl halides is 6. The molecule has 5 aromatic rings. The van der Waals surface area contributed by atoms with E-state index in [1.54, 1.807) is 24.3 Å². The number of quaternary nitrogens is 1. The molecule has 6 amide bonds. The molecule has 4 aromatic carbocycles. The third-order valence-electron chi connectivity index (χ3n) is 13.7. The number of rotatable bonds is 15. The molecule has 0 fully saturated rings. The van der Waals surface area contributed by atoms with Gasteiger partial charge in [0.05, 0.1) is 132 Å². The lowest BCUT2D eigenvalue weighted by atomic mass is 9.94. The molecular weight excluding hydrogens is 1000 g/mol. The fourth-order valence-electron chi connectivity index (χ4n) is 10.0. The fraction of sp³-hybridized carbons (Fsp3) is 0.264. The van der Waals surface area contributed by atoms with Gasteiger partial charge in [-0.1, -0.05) is 36.4 Å². The van der Waals surface area contributed by atoms with Crippen LogP contribution in [0.1, 0.15) is 74.5 Å². The number of hydrogen-bond donors (Lipinski definition) is 2. The number of hydrogen-bond acceptors (Lipinski definition) is 10. The van der Waals surface area contributed by atoms with Gasteiger partial charge in [-0.15, -0.1) is 0 Å². The van der Waals surface area contributed by atoms with Gasteiger partial charge in [0.15, 0.2) is 0 Å². The van der Waals surface area contributed by atoms with Crippen LogP contribution in [-0.4, -0.2) is 100 Å². The van der Waals surface area contributed by atoms with Gasteiger partial charge in [0.2, 0.25) is 0 Å². The number of carbonyl (C=O) groups excluding carboxylic acids is 5. The number of benzene rings is 4. The maximum absolute atomic E-state index is 14.5. The Morgan fingerprint density at radius 2 is 1.11 bits per heavy atom. The van der Waals surface area contributed by atoms with E-state index in [4.69, 9.17) is 0 Å². The minimum Gasteiger partial charge on any atom is -0.543 e. The molecule has 0 unspecified atom stereocenters. The summed E-state index contributed by atoms with van der Waals surface area (Å²) >= 11 is 0. The highest BCUT2D eigenvalue weighted by Crippen LogP contribution is 2.42. The van der Waals surface area contributed by atoms with E-state index in [9.17, 15) is 65.9 Å². The summed E-state index contributed by atoms with van der Waals surface area (Å²) in [6, 6.07) is 21.2. The standard InChI is InChI=1S/C53H43F6N11O6/c1-70(30-37-26-63-40(27-62-37)49(73)74,20-4-18-66-28-41-43(47(66)71)45(33-14-10-31(24-60)11-15-33)64-50(75)68(41)38-8-2-6-35(22-38)52(54,55)56)21-5-19-67-29-42-44(48(67)72)46(34-16-12-32(25-61)13-17-34)65-51(76)69(42)39-9-3-7-36(23-39)53(57,58)59/h2-3,6-17,22-23,26-27,45-46H,4-5,18-21,28-30H2,1H3,(H2-,64,65,73,74,75,76)/t45-,46-/m1/s1. The molecule has 0 saturated heterocycles. The average Bonchev–Trinajstić information content (AvgIpc) is 3.91. The molecule has 0 radical (unpaired) electrons. The zero-order chi connectivity index (χ0) is 54.3. The van der Waals surface area contributed by atoms with Crippen LogP contribution < -0.4 is 25.5 Å². The van der Waals surface area contributed by atoms with E-state index in [1.807, 2.05) is 19.2 Å². The summed E-state index contributed by atoms with van der Waals surface area (Å²) in [4.78, 5) is 81.7. The summed E-state index contributed by atoms with van der Waals surface area (Å²) in [6.45, 7) is 0.661. The van der Waals surface area contributed by atoms with E-state index in [0.29, 0.717) is 53.9 Å². The van der Waals surface area contributed by atoms with E-state index >= 15 is 0 Å². The summed E-state index contributed by atoms with van der Waals surface area (Å²) in [7, 11) is 1.87. The first-order valence-corrected chi connectivity index (χ1v) is 23.6. The van der Waals surface area contributed by atoms with E-state index in [2.05, 4.69) is 20.6 Å². The van der Waals surface area contributed by atoms with Crippen molar-refractivity contribution in [3.63, 3.8) is 0 Å². The number of nitrogens with zero attached hydrogens (tertiary/aromatic N) is 9. The van der Waals surface area contributed by atoms with E-state index in [-0.39, 0.29) is 71.1 Å². The third-order valence-corrected chi connectivity index (χ3v) is 13.7. The van der Waals surface area contributed by atoms with E-state index < -0.39 is 71.1 Å². The van der Waals surface area contributed by atoms with Crippen molar-refractivity contribution in [1.29, 1.82) is 10.5 Å². The Morgan fingerprint density at radius 3 is 1.47 bits per heavy atom. The minimum atomic E-state index is -4.74. The molecule has 23 heteroatoms. The van der Waals surface area contributed by atoms with Gasteiger partial charge in [-0.2, -0.15) is 36.9 Å². The molecule has 4 aliphatic heterocycles. The number of aromatic nitrogens is 2. The molecule has 5 heterocycles. The van der Waals surface area contributed by atoms with Crippen molar-refractivity contribution in [3.8, 4) is 12.1 Å².